The summed E-state index contributed by atoms with van der Waals surface area (Å²) in [6, 6.07) is 8.27. The Morgan fingerprint density at radius 3 is 2.68 bits per heavy atom. The first-order chi connectivity index (χ1) is 9.24. The highest BCUT2D eigenvalue weighted by Gasteiger charge is 2.31. The predicted octanol–water partition coefficient (Wildman–Crippen LogP) is 3.40. The number of amides is 1. The summed E-state index contributed by atoms with van der Waals surface area (Å²) in [7, 11) is 0. The number of alkyl halides is 1. The molecule has 1 N–H and O–H groups in total. The van der Waals surface area contributed by atoms with Crippen LogP contribution in [0.5, 0.6) is 0 Å². The molecule has 1 aromatic carbocycles. The molecule has 1 saturated carbocycles. The van der Waals surface area contributed by atoms with Crippen molar-refractivity contribution < 1.29 is 4.79 Å². The van der Waals surface area contributed by atoms with Gasteiger partial charge in [-0.05, 0) is 49.1 Å². The molecule has 19 heavy (non-hydrogen) atoms. The van der Waals surface area contributed by atoms with Crippen LogP contribution in [0, 0.1) is 5.92 Å². The average molecular weight is 322 g/mol. The van der Waals surface area contributed by atoms with Crippen LogP contribution in [0.15, 0.2) is 24.3 Å². The molecule has 0 aromatic heterocycles. The van der Waals surface area contributed by atoms with Gasteiger partial charge >= 0.3 is 0 Å². The van der Waals surface area contributed by atoms with Crippen LogP contribution in [0.25, 0.3) is 0 Å². The van der Waals surface area contributed by atoms with Gasteiger partial charge in [0.2, 0.25) is 5.91 Å². The van der Waals surface area contributed by atoms with Crippen molar-refractivity contribution in [1.29, 1.82) is 0 Å². The van der Waals surface area contributed by atoms with E-state index in [1.165, 1.54) is 36.8 Å². The average Bonchev–Trinajstić information content (AvgIpc) is 2.39. The molecule has 0 saturated heterocycles. The SMILES string of the molecule is O=C(NCC1CCC(Br)CC1)C1Cc2ccccc21. The third kappa shape index (κ3) is 2.86. The molecule has 1 amide bonds. The summed E-state index contributed by atoms with van der Waals surface area (Å²) in [6.45, 7) is 0.858. The van der Waals surface area contributed by atoms with E-state index in [4.69, 9.17) is 0 Å². The van der Waals surface area contributed by atoms with Crippen LogP contribution < -0.4 is 5.32 Å². The fourth-order valence-corrected chi connectivity index (χ4v) is 3.72. The lowest BCUT2D eigenvalue weighted by Crippen LogP contribution is -2.38. The first-order valence-corrected chi connectivity index (χ1v) is 8.15. The van der Waals surface area contributed by atoms with Gasteiger partial charge in [0.25, 0.3) is 0 Å². The second-order valence-electron chi connectivity index (χ2n) is 5.82. The molecule has 0 radical (unpaired) electrons. The monoisotopic (exact) mass is 321 g/mol. The third-order valence-corrected chi connectivity index (χ3v) is 5.43. The van der Waals surface area contributed by atoms with Crippen LogP contribution in [0.4, 0.5) is 0 Å². The second-order valence-corrected chi connectivity index (χ2v) is 7.11. The summed E-state index contributed by atoms with van der Waals surface area (Å²) in [6.07, 6.45) is 5.87. The summed E-state index contributed by atoms with van der Waals surface area (Å²) in [5, 5.41) is 3.16. The third-order valence-electron chi connectivity index (χ3n) is 4.51. The minimum absolute atomic E-state index is 0.101. The van der Waals surface area contributed by atoms with E-state index in [2.05, 4.69) is 33.4 Å². The maximum absolute atomic E-state index is 12.2. The minimum atomic E-state index is 0.101. The zero-order valence-electron chi connectivity index (χ0n) is 11.1. The number of rotatable bonds is 3. The first-order valence-electron chi connectivity index (χ1n) is 7.23. The zero-order chi connectivity index (χ0) is 13.2. The molecule has 3 rings (SSSR count). The molecule has 1 aromatic rings. The van der Waals surface area contributed by atoms with E-state index in [0.29, 0.717) is 10.7 Å². The number of hydrogen-bond donors (Lipinski definition) is 1. The summed E-state index contributed by atoms with van der Waals surface area (Å²) in [5.41, 5.74) is 2.56. The van der Waals surface area contributed by atoms with E-state index in [1.54, 1.807) is 0 Å². The molecule has 2 nitrogen and oxygen atoms in total. The molecular weight excluding hydrogens is 302 g/mol. The van der Waals surface area contributed by atoms with Crippen LogP contribution in [0.1, 0.15) is 42.7 Å². The molecule has 0 heterocycles. The van der Waals surface area contributed by atoms with Gasteiger partial charge in [0.15, 0.2) is 0 Å². The standard InChI is InChI=1S/C16H20BrNO/c17-13-7-5-11(6-8-13)10-18-16(19)15-9-12-3-1-2-4-14(12)15/h1-4,11,13,15H,5-10H2,(H,18,19). The quantitative estimate of drug-likeness (QED) is 0.849. The van der Waals surface area contributed by atoms with Crippen molar-refractivity contribution in [1.82, 2.24) is 5.32 Å². The fraction of sp³-hybridized carbons (Fsp3) is 0.562. The molecule has 2 aliphatic rings. The highest BCUT2D eigenvalue weighted by atomic mass is 79.9. The van der Waals surface area contributed by atoms with E-state index >= 15 is 0 Å². The molecule has 0 aliphatic heterocycles. The molecule has 2 aliphatic carbocycles. The Morgan fingerprint density at radius 1 is 1.21 bits per heavy atom. The Labute approximate surface area is 123 Å². The number of halogens is 1. The molecular formula is C16H20BrNO. The van der Waals surface area contributed by atoms with Crippen LogP contribution >= 0.6 is 15.9 Å². The van der Waals surface area contributed by atoms with E-state index in [0.717, 1.165) is 13.0 Å². The van der Waals surface area contributed by atoms with Gasteiger partial charge in [0, 0.05) is 11.4 Å². The Hall–Kier alpha value is -0.830. The molecule has 0 spiro atoms. The van der Waals surface area contributed by atoms with Crippen molar-refractivity contribution in [3.63, 3.8) is 0 Å². The van der Waals surface area contributed by atoms with Gasteiger partial charge in [-0.3, -0.25) is 4.79 Å². The maximum atomic E-state index is 12.2. The highest BCUT2D eigenvalue weighted by molar-refractivity contribution is 9.09. The lowest BCUT2D eigenvalue weighted by Gasteiger charge is -2.30. The Balaban J connectivity index is 1.48. The van der Waals surface area contributed by atoms with E-state index in [-0.39, 0.29) is 11.8 Å². The summed E-state index contributed by atoms with van der Waals surface area (Å²) < 4.78 is 0. The number of nitrogens with one attached hydrogen (secondary N) is 1. The predicted molar refractivity (Wildman–Crippen MR) is 80.6 cm³/mol. The number of carbonyl (C=O) groups is 1. The number of fused-ring (bicyclic) bond motifs is 1. The topological polar surface area (TPSA) is 29.1 Å². The summed E-state index contributed by atoms with van der Waals surface area (Å²) >= 11 is 3.67. The smallest absolute Gasteiger partial charge is 0.227 e. The van der Waals surface area contributed by atoms with Crippen LogP contribution in [-0.2, 0) is 11.2 Å². The van der Waals surface area contributed by atoms with Gasteiger partial charge in [-0.2, -0.15) is 0 Å². The van der Waals surface area contributed by atoms with Gasteiger partial charge < -0.3 is 5.32 Å². The normalized spacial score (nSPS) is 29.2. The van der Waals surface area contributed by atoms with Crippen molar-refractivity contribution in [2.24, 2.45) is 5.92 Å². The number of hydrogen-bond acceptors (Lipinski definition) is 1. The Morgan fingerprint density at radius 2 is 1.95 bits per heavy atom. The lowest BCUT2D eigenvalue weighted by atomic mass is 9.77. The lowest BCUT2D eigenvalue weighted by molar-refractivity contribution is -0.123. The summed E-state index contributed by atoms with van der Waals surface area (Å²) in [4.78, 5) is 12.9. The highest BCUT2D eigenvalue weighted by Crippen LogP contribution is 2.35. The van der Waals surface area contributed by atoms with Crippen LogP contribution in [-0.4, -0.2) is 17.3 Å². The zero-order valence-corrected chi connectivity index (χ0v) is 12.7. The molecule has 1 atom stereocenters. The van der Waals surface area contributed by atoms with Gasteiger partial charge in [0.1, 0.15) is 0 Å². The van der Waals surface area contributed by atoms with Crippen LogP contribution in [0.3, 0.4) is 0 Å². The van der Waals surface area contributed by atoms with E-state index in [9.17, 15) is 4.79 Å². The molecule has 3 heteroatoms. The van der Waals surface area contributed by atoms with Gasteiger partial charge in [0.05, 0.1) is 5.92 Å². The molecule has 1 fully saturated rings. The fourth-order valence-electron chi connectivity index (χ4n) is 3.19. The van der Waals surface area contributed by atoms with Gasteiger partial charge in [-0.15, -0.1) is 0 Å². The second kappa shape index (κ2) is 5.66. The Bertz CT molecular complexity index is 466. The van der Waals surface area contributed by atoms with E-state index < -0.39 is 0 Å². The molecule has 102 valence electrons. The maximum Gasteiger partial charge on any atom is 0.227 e. The van der Waals surface area contributed by atoms with Gasteiger partial charge in [-0.25, -0.2) is 0 Å². The first kappa shape index (κ1) is 13.2. The summed E-state index contributed by atoms with van der Waals surface area (Å²) in [5.74, 6) is 0.997. The van der Waals surface area contributed by atoms with Crippen molar-refractivity contribution in [3.8, 4) is 0 Å². The van der Waals surface area contributed by atoms with Gasteiger partial charge in [-0.1, -0.05) is 40.2 Å². The Kier molecular flexibility index (Phi) is 3.92. The van der Waals surface area contributed by atoms with Crippen LogP contribution in [0.2, 0.25) is 0 Å². The van der Waals surface area contributed by atoms with Crippen molar-refractivity contribution in [3.05, 3.63) is 35.4 Å². The van der Waals surface area contributed by atoms with Crippen molar-refractivity contribution in [2.75, 3.05) is 6.54 Å². The minimum Gasteiger partial charge on any atom is -0.355 e. The molecule has 1 unspecified atom stereocenters. The van der Waals surface area contributed by atoms with E-state index in [1.807, 2.05) is 12.1 Å². The largest absolute Gasteiger partial charge is 0.355 e. The number of carbonyl (C=O) groups excluding carboxylic acids is 1. The van der Waals surface area contributed by atoms with Crippen molar-refractivity contribution in [2.45, 2.75) is 42.8 Å². The molecule has 0 bridgehead atoms. The number of benzene rings is 1. The van der Waals surface area contributed by atoms with Crippen molar-refractivity contribution >= 4 is 21.8 Å².